The molecule has 0 heterocycles. The van der Waals surface area contributed by atoms with Crippen molar-refractivity contribution in [3.63, 3.8) is 0 Å². The van der Waals surface area contributed by atoms with E-state index in [9.17, 15) is 14.4 Å². The number of amides is 3. The number of benzene rings is 1. The lowest BCUT2D eigenvalue weighted by Crippen LogP contribution is -2.50. The summed E-state index contributed by atoms with van der Waals surface area (Å²) in [4.78, 5) is 40.5. The second-order valence-corrected chi connectivity index (χ2v) is 9.90. The molecule has 3 amide bonds. The van der Waals surface area contributed by atoms with Crippen LogP contribution in [0.15, 0.2) is 24.3 Å². The van der Waals surface area contributed by atoms with Gasteiger partial charge in [-0.2, -0.15) is 0 Å². The minimum atomic E-state index is -0.779. The third-order valence-corrected chi connectivity index (χ3v) is 5.88. The predicted molar refractivity (Wildman–Crippen MR) is 126 cm³/mol. The summed E-state index contributed by atoms with van der Waals surface area (Å²) in [5.74, 6) is 2.08. The van der Waals surface area contributed by atoms with Crippen molar-refractivity contribution in [3.8, 4) is 12.3 Å². The van der Waals surface area contributed by atoms with Crippen molar-refractivity contribution >= 4 is 17.9 Å². The van der Waals surface area contributed by atoms with Crippen LogP contribution < -0.4 is 10.6 Å². The zero-order chi connectivity index (χ0) is 24.0. The van der Waals surface area contributed by atoms with Crippen LogP contribution in [0.1, 0.15) is 82.9 Å². The number of carbonyl (C=O) groups is 3. The van der Waals surface area contributed by atoms with E-state index >= 15 is 0 Å². The van der Waals surface area contributed by atoms with E-state index in [4.69, 9.17) is 11.2 Å². The predicted octanol–water partition coefficient (Wildman–Crippen LogP) is 3.67. The third-order valence-electron chi connectivity index (χ3n) is 5.88. The lowest BCUT2D eigenvalue weighted by molar-refractivity contribution is -0.141. The van der Waals surface area contributed by atoms with Crippen LogP contribution in [0.2, 0.25) is 0 Å². The molecule has 1 aromatic carbocycles. The zero-order valence-electron chi connectivity index (χ0n) is 19.9. The van der Waals surface area contributed by atoms with E-state index in [0.29, 0.717) is 11.1 Å². The highest BCUT2D eigenvalue weighted by Crippen LogP contribution is 2.35. The molecule has 1 atom stereocenters. The summed E-state index contributed by atoms with van der Waals surface area (Å²) in [6, 6.07) is 6.49. The summed E-state index contributed by atoms with van der Waals surface area (Å²) in [5, 5.41) is 5.71. The number of hydrogen-bond acceptors (Lipinski definition) is 4. The summed E-state index contributed by atoms with van der Waals surface area (Å²) < 4.78 is 5.24. The standard InChI is InChI=1S/C26H35N3O4/c1-5-18-11-13-19(14-12-18)23(24(31)28-20-9-7-6-8-10-20)29(21-15-16-21)22(30)17-27-25(32)33-26(2,3)4/h1,11-14,20-21,23H,6-10,15-17H2,2-4H3,(H,27,32)(H,28,31). The molecule has 1 aromatic rings. The molecule has 2 fully saturated rings. The Morgan fingerprint density at radius 1 is 1.09 bits per heavy atom. The molecule has 0 aliphatic heterocycles. The van der Waals surface area contributed by atoms with Crippen LogP contribution in [0.4, 0.5) is 4.79 Å². The van der Waals surface area contributed by atoms with Gasteiger partial charge in [0.25, 0.3) is 0 Å². The van der Waals surface area contributed by atoms with Gasteiger partial charge in [-0.15, -0.1) is 6.42 Å². The van der Waals surface area contributed by atoms with Crippen LogP contribution in [0, 0.1) is 12.3 Å². The summed E-state index contributed by atoms with van der Waals surface area (Å²) in [6.07, 6.45) is 11.8. The number of rotatable bonds is 7. The molecule has 2 N–H and O–H groups in total. The molecular weight excluding hydrogens is 418 g/mol. The fourth-order valence-electron chi connectivity index (χ4n) is 4.19. The van der Waals surface area contributed by atoms with Gasteiger partial charge in [0.2, 0.25) is 11.8 Å². The molecule has 2 saturated carbocycles. The second-order valence-electron chi connectivity index (χ2n) is 9.90. The first kappa shape index (κ1) is 24.6. The Labute approximate surface area is 196 Å². The minimum Gasteiger partial charge on any atom is -0.444 e. The lowest BCUT2D eigenvalue weighted by Gasteiger charge is -2.33. The molecule has 0 spiro atoms. The van der Waals surface area contributed by atoms with E-state index in [2.05, 4.69) is 16.6 Å². The Hall–Kier alpha value is -3.01. The van der Waals surface area contributed by atoms with Crippen molar-refractivity contribution in [2.75, 3.05) is 6.54 Å². The van der Waals surface area contributed by atoms with Crippen LogP contribution in [0.3, 0.4) is 0 Å². The first-order valence-corrected chi connectivity index (χ1v) is 11.8. The smallest absolute Gasteiger partial charge is 0.408 e. The van der Waals surface area contributed by atoms with Crippen molar-refractivity contribution in [2.45, 2.75) is 89.4 Å². The Bertz CT molecular complexity index is 888. The molecule has 178 valence electrons. The van der Waals surface area contributed by atoms with Crippen LogP contribution in [-0.4, -0.2) is 47.0 Å². The topological polar surface area (TPSA) is 87.7 Å². The van der Waals surface area contributed by atoms with Crippen LogP contribution >= 0.6 is 0 Å². The average molecular weight is 454 g/mol. The summed E-state index contributed by atoms with van der Waals surface area (Å²) in [7, 11) is 0. The van der Waals surface area contributed by atoms with Crippen molar-refractivity contribution in [1.29, 1.82) is 0 Å². The minimum absolute atomic E-state index is 0.0349. The first-order valence-electron chi connectivity index (χ1n) is 11.8. The first-order chi connectivity index (χ1) is 15.7. The molecular formula is C26H35N3O4. The summed E-state index contributed by atoms with van der Waals surface area (Å²) >= 11 is 0. The molecule has 1 unspecified atom stereocenters. The number of alkyl carbamates (subject to hydrolysis) is 1. The van der Waals surface area contributed by atoms with E-state index in [1.54, 1.807) is 37.8 Å². The van der Waals surface area contributed by atoms with E-state index in [0.717, 1.165) is 38.5 Å². The zero-order valence-corrected chi connectivity index (χ0v) is 19.9. The lowest BCUT2D eigenvalue weighted by atomic mass is 9.94. The quantitative estimate of drug-likeness (QED) is 0.617. The molecule has 0 saturated heterocycles. The Balaban J connectivity index is 1.80. The molecule has 0 radical (unpaired) electrons. The largest absolute Gasteiger partial charge is 0.444 e. The molecule has 0 bridgehead atoms. The molecule has 7 nitrogen and oxygen atoms in total. The molecule has 33 heavy (non-hydrogen) atoms. The number of ether oxygens (including phenoxy) is 1. The van der Waals surface area contributed by atoms with E-state index in [1.807, 2.05) is 12.1 Å². The van der Waals surface area contributed by atoms with Crippen molar-refractivity contribution in [3.05, 3.63) is 35.4 Å². The van der Waals surface area contributed by atoms with Crippen molar-refractivity contribution in [1.82, 2.24) is 15.5 Å². The highest BCUT2D eigenvalue weighted by Gasteiger charge is 2.41. The highest BCUT2D eigenvalue weighted by molar-refractivity contribution is 5.91. The normalized spacial score (nSPS) is 17.4. The van der Waals surface area contributed by atoms with Gasteiger partial charge in [0.15, 0.2) is 0 Å². The average Bonchev–Trinajstić information content (AvgIpc) is 3.60. The number of nitrogens with zero attached hydrogens (tertiary/aromatic N) is 1. The number of carbonyl (C=O) groups excluding carboxylic acids is 3. The monoisotopic (exact) mass is 453 g/mol. The van der Waals surface area contributed by atoms with Crippen molar-refractivity contribution < 1.29 is 19.1 Å². The second kappa shape index (κ2) is 10.7. The van der Waals surface area contributed by atoms with Gasteiger partial charge in [-0.1, -0.05) is 37.3 Å². The molecule has 0 aromatic heterocycles. The highest BCUT2D eigenvalue weighted by atomic mass is 16.6. The molecule has 2 aliphatic rings. The summed E-state index contributed by atoms with van der Waals surface area (Å²) in [6.45, 7) is 5.05. The van der Waals surface area contributed by atoms with Gasteiger partial charge in [0.05, 0.1) is 0 Å². The molecule has 7 heteroatoms. The molecule has 3 rings (SSSR count). The van der Waals surface area contributed by atoms with Crippen LogP contribution in [0.25, 0.3) is 0 Å². The molecule has 2 aliphatic carbocycles. The third kappa shape index (κ3) is 7.24. The SMILES string of the molecule is C#Cc1ccc(C(C(=O)NC2CCCCC2)N(C(=O)CNC(=O)OC(C)(C)C)C2CC2)cc1. The maximum Gasteiger partial charge on any atom is 0.408 e. The Kier molecular flexibility index (Phi) is 8.01. The van der Waals surface area contributed by atoms with Crippen LogP contribution in [0.5, 0.6) is 0 Å². The Morgan fingerprint density at radius 3 is 2.27 bits per heavy atom. The van der Waals surface area contributed by atoms with Crippen LogP contribution in [-0.2, 0) is 14.3 Å². The van der Waals surface area contributed by atoms with E-state index < -0.39 is 17.7 Å². The maximum atomic E-state index is 13.5. The van der Waals surface area contributed by atoms with E-state index in [-0.39, 0.29) is 30.4 Å². The van der Waals surface area contributed by atoms with Gasteiger partial charge < -0.3 is 20.3 Å². The number of terminal acetylenes is 1. The number of nitrogens with one attached hydrogen (secondary N) is 2. The fraction of sp³-hybridized carbons (Fsp3) is 0.577. The van der Waals surface area contributed by atoms with Gasteiger partial charge in [-0.3, -0.25) is 9.59 Å². The van der Waals surface area contributed by atoms with Gasteiger partial charge in [-0.05, 0) is 64.2 Å². The van der Waals surface area contributed by atoms with Gasteiger partial charge in [0.1, 0.15) is 18.2 Å². The number of hydrogen-bond donors (Lipinski definition) is 2. The van der Waals surface area contributed by atoms with Gasteiger partial charge in [0, 0.05) is 17.6 Å². The van der Waals surface area contributed by atoms with Gasteiger partial charge >= 0.3 is 6.09 Å². The van der Waals surface area contributed by atoms with Crippen molar-refractivity contribution in [2.24, 2.45) is 0 Å². The maximum absolute atomic E-state index is 13.5. The van der Waals surface area contributed by atoms with E-state index in [1.165, 1.54) is 6.42 Å². The van der Waals surface area contributed by atoms with Gasteiger partial charge in [-0.25, -0.2) is 4.79 Å². The summed E-state index contributed by atoms with van der Waals surface area (Å²) in [5.41, 5.74) is 0.755. The Morgan fingerprint density at radius 2 is 1.73 bits per heavy atom. The fourth-order valence-corrected chi connectivity index (χ4v) is 4.19.